The normalized spacial score (nSPS) is 11.0. The molecule has 0 N–H and O–H groups in total. The molecule has 2 aromatic carbocycles. The van der Waals surface area contributed by atoms with E-state index in [0.717, 1.165) is 23.3 Å². The number of carbonyl (C=O) groups is 2. The van der Waals surface area contributed by atoms with Crippen molar-refractivity contribution in [3.05, 3.63) is 81.0 Å². The molecular formula is C35H48N2O4S. The van der Waals surface area contributed by atoms with Crippen molar-refractivity contribution in [1.82, 2.24) is 9.80 Å². The largest absolute Gasteiger partial charge is 0.493 e. The van der Waals surface area contributed by atoms with Crippen LogP contribution in [-0.4, -0.2) is 55.5 Å². The Morgan fingerprint density at radius 3 is 2.19 bits per heavy atom. The minimum absolute atomic E-state index is 0.0478. The molecule has 3 aromatic rings. The number of nitrogens with zero attached hydrogens (tertiary/aromatic N) is 2. The van der Waals surface area contributed by atoms with Gasteiger partial charge in [-0.15, -0.1) is 11.3 Å². The summed E-state index contributed by atoms with van der Waals surface area (Å²) >= 11 is 1.66. The lowest BCUT2D eigenvalue weighted by atomic mass is 10.0. The number of unbranched alkanes of at least 4 members (excludes halogenated alkanes) is 3. The second-order valence-corrected chi connectivity index (χ2v) is 12.4. The monoisotopic (exact) mass is 592 g/mol. The van der Waals surface area contributed by atoms with E-state index in [0.29, 0.717) is 43.1 Å². The SMILES string of the molecule is CCCCCCc1ccc(C(=O)N(CC(=O)N(CCc2ccc(OC)c(OC)c2)Cc2sccc2C)CC(C)C)cc1. The molecule has 0 aliphatic heterocycles. The lowest BCUT2D eigenvalue weighted by molar-refractivity contribution is -0.132. The van der Waals surface area contributed by atoms with Gasteiger partial charge in [-0.2, -0.15) is 0 Å². The highest BCUT2D eigenvalue weighted by atomic mass is 32.1. The zero-order valence-corrected chi connectivity index (χ0v) is 27.1. The van der Waals surface area contributed by atoms with Gasteiger partial charge < -0.3 is 19.3 Å². The smallest absolute Gasteiger partial charge is 0.254 e. The van der Waals surface area contributed by atoms with Crippen molar-refractivity contribution in [3.8, 4) is 11.5 Å². The van der Waals surface area contributed by atoms with Crippen molar-refractivity contribution in [1.29, 1.82) is 0 Å². The van der Waals surface area contributed by atoms with E-state index in [9.17, 15) is 9.59 Å². The van der Waals surface area contributed by atoms with Crippen LogP contribution in [0.2, 0.25) is 0 Å². The van der Waals surface area contributed by atoms with Gasteiger partial charge >= 0.3 is 0 Å². The van der Waals surface area contributed by atoms with Gasteiger partial charge in [0.25, 0.3) is 5.91 Å². The Hall–Kier alpha value is -3.32. The molecule has 0 saturated carbocycles. The van der Waals surface area contributed by atoms with Crippen LogP contribution in [-0.2, 0) is 24.2 Å². The van der Waals surface area contributed by atoms with Crippen LogP contribution in [0.25, 0.3) is 0 Å². The number of benzene rings is 2. The van der Waals surface area contributed by atoms with Crippen molar-refractivity contribution in [2.24, 2.45) is 5.92 Å². The van der Waals surface area contributed by atoms with Gasteiger partial charge in [0.05, 0.1) is 20.8 Å². The summed E-state index contributed by atoms with van der Waals surface area (Å²) in [6.07, 6.45) is 6.56. The molecule has 42 heavy (non-hydrogen) atoms. The number of thiophene rings is 1. The molecule has 2 amide bonds. The molecule has 7 heteroatoms. The predicted octanol–water partition coefficient (Wildman–Crippen LogP) is 7.57. The highest BCUT2D eigenvalue weighted by molar-refractivity contribution is 7.10. The molecule has 6 nitrogen and oxygen atoms in total. The fraction of sp³-hybridized carbons (Fsp3) is 0.486. The summed E-state index contributed by atoms with van der Waals surface area (Å²) in [4.78, 5) is 32.3. The van der Waals surface area contributed by atoms with Crippen LogP contribution in [0.1, 0.15) is 78.4 Å². The molecule has 1 heterocycles. The number of ether oxygens (including phenoxy) is 2. The first-order valence-electron chi connectivity index (χ1n) is 15.2. The number of aryl methyl sites for hydroxylation is 2. The third kappa shape index (κ3) is 9.90. The van der Waals surface area contributed by atoms with Crippen LogP contribution in [0.5, 0.6) is 11.5 Å². The average molecular weight is 593 g/mol. The third-order valence-electron chi connectivity index (χ3n) is 7.49. The van der Waals surface area contributed by atoms with E-state index in [1.165, 1.54) is 30.4 Å². The van der Waals surface area contributed by atoms with E-state index < -0.39 is 0 Å². The molecule has 3 rings (SSSR count). The van der Waals surface area contributed by atoms with Gasteiger partial charge in [-0.25, -0.2) is 0 Å². The summed E-state index contributed by atoms with van der Waals surface area (Å²) < 4.78 is 10.9. The molecule has 0 unspecified atom stereocenters. The van der Waals surface area contributed by atoms with Gasteiger partial charge in [-0.05, 0) is 84.5 Å². The number of amides is 2. The molecule has 0 spiro atoms. The summed E-state index contributed by atoms with van der Waals surface area (Å²) in [6.45, 7) is 10.1. The maximum absolute atomic E-state index is 13.9. The zero-order chi connectivity index (χ0) is 30.5. The van der Waals surface area contributed by atoms with Gasteiger partial charge in [0, 0.05) is 23.5 Å². The second kappa shape index (κ2) is 17.0. The Morgan fingerprint density at radius 1 is 0.857 bits per heavy atom. The molecule has 0 aliphatic rings. The number of carbonyl (C=O) groups excluding carboxylic acids is 2. The second-order valence-electron chi connectivity index (χ2n) is 11.4. The molecule has 0 saturated heterocycles. The summed E-state index contributed by atoms with van der Waals surface area (Å²) in [6, 6.07) is 15.9. The van der Waals surface area contributed by atoms with Crippen LogP contribution in [0.4, 0.5) is 0 Å². The number of methoxy groups -OCH3 is 2. The molecule has 0 aliphatic carbocycles. The van der Waals surface area contributed by atoms with Crippen LogP contribution >= 0.6 is 11.3 Å². The number of hydrogen-bond acceptors (Lipinski definition) is 5. The molecule has 0 bridgehead atoms. The van der Waals surface area contributed by atoms with Crippen LogP contribution in [0.15, 0.2) is 53.9 Å². The first-order chi connectivity index (χ1) is 20.2. The number of hydrogen-bond donors (Lipinski definition) is 0. The molecule has 0 fully saturated rings. The predicted molar refractivity (Wildman–Crippen MR) is 173 cm³/mol. The summed E-state index contributed by atoms with van der Waals surface area (Å²) in [5.41, 5.74) is 4.11. The molecule has 0 radical (unpaired) electrons. The van der Waals surface area contributed by atoms with Gasteiger partial charge in [-0.3, -0.25) is 9.59 Å². The van der Waals surface area contributed by atoms with Crippen molar-refractivity contribution >= 4 is 23.2 Å². The first kappa shape index (κ1) is 33.2. The summed E-state index contributed by atoms with van der Waals surface area (Å²) in [5.74, 6) is 1.43. The minimum Gasteiger partial charge on any atom is -0.493 e. The Bertz CT molecular complexity index is 1270. The lowest BCUT2D eigenvalue weighted by Crippen LogP contribution is -2.44. The minimum atomic E-state index is -0.0956. The molecular weight excluding hydrogens is 544 g/mol. The third-order valence-corrected chi connectivity index (χ3v) is 8.50. The van der Waals surface area contributed by atoms with E-state index in [-0.39, 0.29) is 24.3 Å². The maximum atomic E-state index is 13.9. The maximum Gasteiger partial charge on any atom is 0.254 e. The Labute approximate surface area is 256 Å². The molecule has 0 atom stereocenters. The molecule has 228 valence electrons. The zero-order valence-electron chi connectivity index (χ0n) is 26.3. The fourth-order valence-electron chi connectivity index (χ4n) is 5.01. The standard InChI is InChI=1S/C35H48N2O4S/c1-7-8-9-10-11-28-12-15-30(16-13-28)35(39)37(23-26(2)3)25-34(38)36(24-33-27(4)19-21-42-33)20-18-29-14-17-31(40-5)32(22-29)41-6/h12-17,19,21-22,26H,7-11,18,20,23-25H2,1-6H3. The highest BCUT2D eigenvalue weighted by Crippen LogP contribution is 2.28. The van der Waals surface area contributed by atoms with Gasteiger partial charge in [0.1, 0.15) is 6.54 Å². The van der Waals surface area contributed by atoms with Crippen molar-refractivity contribution in [2.45, 2.75) is 72.8 Å². The first-order valence-corrected chi connectivity index (χ1v) is 16.0. The van der Waals surface area contributed by atoms with Crippen molar-refractivity contribution in [3.63, 3.8) is 0 Å². The average Bonchev–Trinajstić information content (AvgIpc) is 3.40. The van der Waals surface area contributed by atoms with E-state index in [1.54, 1.807) is 30.5 Å². The van der Waals surface area contributed by atoms with E-state index >= 15 is 0 Å². The summed E-state index contributed by atoms with van der Waals surface area (Å²) in [5, 5.41) is 2.06. The van der Waals surface area contributed by atoms with Crippen molar-refractivity contribution < 1.29 is 19.1 Å². The lowest BCUT2D eigenvalue weighted by Gasteiger charge is -2.29. The van der Waals surface area contributed by atoms with Gasteiger partial charge in [0.2, 0.25) is 5.91 Å². The Kier molecular flexibility index (Phi) is 13.4. The summed E-state index contributed by atoms with van der Waals surface area (Å²) in [7, 11) is 3.24. The van der Waals surface area contributed by atoms with Gasteiger partial charge in [-0.1, -0.05) is 58.2 Å². The van der Waals surface area contributed by atoms with E-state index in [4.69, 9.17) is 9.47 Å². The Morgan fingerprint density at radius 2 is 1.57 bits per heavy atom. The molecule has 1 aromatic heterocycles. The quantitative estimate of drug-likeness (QED) is 0.152. The van der Waals surface area contributed by atoms with E-state index in [2.05, 4.69) is 51.3 Å². The van der Waals surface area contributed by atoms with E-state index in [1.807, 2.05) is 35.2 Å². The Balaban J connectivity index is 1.75. The van der Waals surface area contributed by atoms with Crippen LogP contribution in [0, 0.1) is 12.8 Å². The van der Waals surface area contributed by atoms with Crippen molar-refractivity contribution in [2.75, 3.05) is 33.9 Å². The highest BCUT2D eigenvalue weighted by Gasteiger charge is 2.24. The van der Waals surface area contributed by atoms with Crippen LogP contribution < -0.4 is 9.47 Å². The van der Waals surface area contributed by atoms with Gasteiger partial charge in [0.15, 0.2) is 11.5 Å². The van der Waals surface area contributed by atoms with Crippen LogP contribution in [0.3, 0.4) is 0 Å². The topological polar surface area (TPSA) is 59.1 Å². The number of rotatable bonds is 17. The fourth-order valence-corrected chi connectivity index (χ4v) is 5.93.